The van der Waals surface area contributed by atoms with Gasteiger partial charge in [-0.05, 0) is 19.1 Å². The van der Waals surface area contributed by atoms with Gasteiger partial charge in [0.25, 0.3) is 0 Å². The van der Waals surface area contributed by atoms with Gasteiger partial charge in [0, 0.05) is 0 Å². The van der Waals surface area contributed by atoms with Crippen molar-refractivity contribution in [1.29, 1.82) is 0 Å². The predicted molar refractivity (Wildman–Crippen MR) is 79.0 cm³/mol. The highest BCUT2D eigenvalue weighted by Crippen LogP contribution is 2.64. The molecule has 20 heteroatoms. The van der Waals surface area contributed by atoms with Crippen molar-refractivity contribution < 1.29 is 83.1 Å². The smallest absolute Gasteiger partial charge is 0.217 e. The summed E-state index contributed by atoms with van der Waals surface area (Å²) in [5, 5.41) is -7.54. The zero-order valence-corrected chi connectivity index (χ0v) is 16.8. The minimum Gasteiger partial charge on any atom is -0.217 e. The van der Waals surface area contributed by atoms with E-state index in [2.05, 4.69) is 0 Å². The molecule has 1 aromatic rings. The summed E-state index contributed by atoms with van der Waals surface area (Å²) >= 11 is 0. The molecule has 0 fully saturated rings. The van der Waals surface area contributed by atoms with Gasteiger partial charge >= 0.3 is 47.0 Å². The molecule has 0 aliphatic carbocycles. The van der Waals surface area contributed by atoms with E-state index >= 15 is 0 Å². The van der Waals surface area contributed by atoms with Gasteiger partial charge in [0.15, 0.2) is 0 Å². The maximum atomic E-state index is 14.0. The second-order valence-electron chi connectivity index (χ2n) is 6.78. The Kier molecular flexibility index (Phi) is 7.08. The molecule has 0 aliphatic rings. The van der Waals surface area contributed by atoms with E-state index in [1.165, 1.54) is 0 Å². The Hall–Kier alpha value is -2.02. The SMILES string of the molecule is Cc1ccc(S(=O)(=O)C(F)(F)C(F)(F)C(F)(F)C(F)(F)C(F)(F)C(F)(F)C(F)(F)C(F)(F)F)cc1. The first-order valence-corrected chi connectivity index (χ1v) is 9.51. The summed E-state index contributed by atoms with van der Waals surface area (Å²) in [6.45, 7) is 1.14. The van der Waals surface area contributed by atoms with Gasteiger partial charge in [-0.3, -0.25) is 0 Å². The van der Waals surface area contributed by atoms with Crippen LogP contribution in [0.1, 0.15) is 5.56 Å². The van der Waals surface area contributed by atoms with Crippen molar-refractivity contribution >= 4 is 9.84 Å². The van der Waals surface area contributed by atoms with E-state index in [9.17, 15) is 83.1 Å². The molecule has 0 atom stereocenters. The number of rotatable bonds is 8. The van der Waals surface area contributed by atoms with Crippen LogP contribution in [0.25, 0.3) is 0 Å². The lowest BCUT2D eigenvalue weighted by atomic mass is 9.91. The van der Waals surface area contributed by atoms with Crippen LogP contribution in [-0.4, -0.2) is 55.4 Å². The molecule has 0 bridgehead atoms. The van der Waals surface area contributed by atoms with Crippen LogP contribution in [-0.2, 0) is 9.84 Å². The van der Waals surface area contributed by atoms with Crippen LogP contribution in [0, 0.1) is 6.92 Å². The van der Waals surface area contributed by atoms with Crippen LogP contribution in [0.4, 0.5) is 74.6 Å². The van der Waals surface area contributed by atoms with E-state index in [0.717, 1.165) is 6.92 Å². The van der Waals surface area contributed by atoms with Crippen LogP contribution in [0.2, 0.25) is 0 Å². The molecular weight excluding hydrogens is 567 g/mol. The van der Waals surface area contributed by atoms with Gasteiger partial charge in [-0.15, -0.1) is 0 Å². The van der Waals surface area contributed by atoms with Crippen LogP contribution < -0.4 is 0 Å². The molecule has 35 heavy (non-hydrogen) atoms. The summed E-state index contributed by atoms with van der Waals surface area (Å²) in [4.78, 5) is -2.01. The summed E-state index contributed by atoms with van der Waals surface area (Å²) in [6, 6.07) is 1.19. The third kappa shape index (κ3) is 3.89. The van der Waals surface area contributed by atoms with Crippen LogP contribution in [0.3, 0.4) is 0 Å². The number of sulfone groups is 1. The summed E-state index contributed by atoms with van der Waals surface area (Å²) in [6.07, 6.45) is -7.87. The number of halogens is 17. The Morgan fingerprint density at radius 2 is 0.771 bits per heavy atom. The molecule has 1 rings (SSSR count). The number of aryl methyl sites for hydroxylation is 1. The first-order chi connectivity index (χ1) is 15.0. The normalized spacial score (nSPS) is 15.9. The third-order valence-electron chi connectivity index (χ3n) is 4.36. The van der Waals surface area contributed by atoms with Gasteiger partial charge in [-0.25, -0.2) is 8.42 Å². The molecule has 0 aromatic heterocycles. The predicted octanol–water partition coefficient (Wildman–Crippen LogP) is 6.74. The second-order valence-corrected chi connectivity index (χ2v) is 8.77. The van der Waals surface area contributed by atoms with Crippen LogP contribution in [0.15, 0.2) is 29.2 Å². The first kappa shape index (κ1) is 31.0. The molecule has 204 valence electrons. The minimum absolute atomic E-state index is 0.0170. The van der Waals surface area contributed by atoms with E-state index < -0.39 is 61.7 Å². The molecule has 0 heterocycles. The van der Waals surface area contributed by atoms with Crippen molar-refractivity contribution in [1.82, 2.24) is 0 Å². The zero-order valence-electron chi connectivity index (χ0n) is 16.0. The van der Waals surface area contributed by atoms with Crippen LogP contribution in [0.5, 0.6) is 0 Å². The quantitative estimate of drug-likeness (QED) is 0.323. The Bertz CT molecular complexity index is 1040. The van der Waals surface area contributed by atoms with E-state index in [-0.39, 0.29) is 17.7 Å². The standard InChI is InChI=1S/C15H7F17O2S/c1-6-2-4-7(5-3-6)35(33,34)15(31,32)13(26,27)11(22,23)9(18,19)8(16,17)10(20,21)12(24,25)14(28,29)30/h2-5H,1H3. The summed E-state index contributed by atoms with van der Waals surface area (Å²) in [7, 11) is -7.25. The van der Waals surface area contributed by atoms with Crippen molar-refractivity contribution in [2.45, 2.75) is 58.8 Å². The lowest BCUT2D eigenvalue weighted by molar-refractivity contribution is -0.458. The fourth-order valence-corrected chi connectivity index (χ4v) is 3.44. The average molecular weight is 574 g/mol. The van der Waals surface area contributed by atoms with Crippen LogP contribution >= 0.6 is 0 Å². The van der Waals surface area contributed by atoms with Crippen molar-refractivity contribution in [3.05, 3.63) is 29.8 Å². The number of hydrogen-bond acceptors (Lipinski definition) is 2. The molecule has 0 spiro atoms. The van der Waals surface area contributed by atoms with E-state index in [1.807, 2.05) is 0 Å². The monoisotopic (exact) mass is 574 g/mol. The van der Waals surface area contributed by atoms with Crippen molar-refractivity contribution in [3.8, 4) is 0 Å². The molecule has 0 N–H and O–H groups in total. The van der Waals surface area contributed by atoms with E-state index in [4.69, 9.17) is 0 Å². The topological polar surface area (TPSA) is 34.1 Å². The number of hydrogen-bond donors (Lipinski definition) is 0. The molecule has 0 aliphatic heterocycles. The van der Waals surface area contributed by atoms with Crippen molar-refractivity contribution in [3.63, 3.8) is 0 Å². The van der Waals surface area contributed by atoms with Gasteiger partial charge in [0.1, 0.15) is 0 Å². The number of benzene rings is 1. The van der Waals surface area contributed by atoms with Gasteiger partial charge < -0.3 is 0 Å². The lowest BCUT2D eigenvalue weighted by Gasteiger charge is -2.42. The molecule has 2 nitrogen and oxygen atoms in total. The molecule has 1 aromatic carbocycles. The second kappa shape index (κ2) is 7.99. The third-order valence-corrected chi connectivity index (χ3v) is 6.19. The Balaban J connectivity index is 3.79. The van der Waals surface area contributed by atoms with Gasteiger partial charge in [-0.1, -0.05) is 17.7 Å². The summed E-state index contributed by atoms with van der Waals surface area (Å²) in [5.41, 5.74) is 0.0170. The van der Waals surface area contributed by atoms with E-state index in [0.29, 0.717) is 12.1 Å². The molecule has 0 amide bonds. The van der Waals surface area contributed by atoms with Crippen molar-refractivity contribution in [2.75, 3.05) is 0 Å². The van der Waals surface area contributed by atoms with E-state index in [1.54, 1.807) is 0 Å². The fraction of sp³-hybridized carbons (Fsp3) is 0.600. The molecular formula is C15H7F17O2S. The average Bonchev–Trinajstić information content (AvgIpc) is 2.66. The van der Waals surface area contributed by atoms with Gasteiger partial charge in [0.2, 0.25) is 9.84 Å². The minimum atomic E-state index is -8.84. The largest absolute Gasteiger partial charge is 0.460 e. The lowest BCUT2D eigenvalue weighted by Crippen LogP contribution is -2.75. The molecule has 0 saturated heterocycles. The summed E-state index contributed by atoms with van der Waals surface area (Å²) in [5.74, 6) is -51.6. The maximum Gasteiger partial charge on any atom is 0.460 e. The highest BCUT2D eigenvalue weighted by Gasteiger charge is 2.96. The first-order valence-electron chi connectivity index (χ1n) is 8.03. The Morgan fingerprint density at radius 1 is 0.486 bits per heavy atom. The summed E-state index contributed by atoms with van der Waals surface area (Å²) < 4.78 is 248. The highest BCUT2D eigenvalue weighted by atomic mass is 32.2. The molecule has 0 saturated carbocycles. The Morgan fingerprint density at radius 3 is 1.09 bits per heavy atom. The molecule has 0 unspecified atom stereocenters. The zero-order chi connectivity index (χ0) is 28.5. The number of alkyl halides is 17. The fourth-order valence-electron chi connectivity index (χ4n) is 2.18. The highest BCUT2D eigenvalue weighted by molar-refractivity contribution is 7.92. The molecule has 0 radical (unpaired) electrons. The van der Waals surface area contributed by atoms with Crippen molar-refractivity contribution in [2.24, 2.45) is 0 Å². The Labute approximate surface area is 182 Å². The van der Waals surface area contributed by atoms with Gasteiger partial charge in [0.05, 0.1) is 4.90 Å². The maximum absolute atomic E-state index is 14.0. The van der Waals surface area contributed by atoms with Gasteiger partial charge in [-0.2, -0.15) is 74.6 Å².